The molecule has 0 aliphatic carbocycles. The Balaban J connectivity index is 2.21. The molecular weight excluding hydrogens is 250 g/mol. The number of aliphatic imine (C=N–C) groups is 1. The molecule has 0 aromatic rings. The van der Waals surface area contributed by atoms with Crippen molar-refractivity contribution in [2.45, 2.75) is 52.6 Å². The predicted octanol–water partition coefficient (Wildman–Crippen LogP) is 1.59. The maximum absolute atomic E-state index is 5.41. The van der Waals surface area contributed by atoms with E-state index in [1.165, 1.54) is 26.2 Å². The van der Waals surface area contributed by atoms with Crippen LogP contribution in [-0.2, 0) is 0 Å². The first-order chi connectivity index (χ1) is 9.52. The molecule has 5 nitrogen and oxygen atoms in total. The molecule has 0 aromatic carbocycles. The third-order valence-electron chi connectivity index (χ3n) is 3.73. The molecule has 0 unspecified atom stereocenters. The molecule has 0 spiro atoms. The molecular formula is C15H31N5. The molecule has 20 heavy (non-hydrogen) atoms. The topological polar surface area (TPSA) is 57.2 Å². The van der Waals surface area contributed by atoms with Crippen molar-refractivity contribution in [1.82, 2.24) is 9.80 Å². The summed E-state index contributed by atoms with van der Waals surface area (Å²) in [5.41, 5.74) is 0.902. The van der Waals surface area contributed by atoms with Gasteiger partial charge in [-0.2, -0.15) is 5.10 Å². The molecule has 0 atom stereocenters. The van der Waals surface area contributed by atoms with E-state index in [0.717, 1.165) is 25.1 Å². The molecule has 1 aliphatic rings. The standard InChI is InChI=1S/C15H31N5/c1-13(2)17-12-15(18-16)6-5-7-19-8-10-20(11-9-19)14(3)4/h12-14H,5-11,16H2,1-4H3. The highest BCUT2D eigenvalue weighted by Crippen LogP contribution is 2.07. The second-order valence-electron chi connectivity index (χ2n) is 6.07. The minimum Gasteiger partial charge on any atom is -0.323 e. The van der Waals surface area contributed by atoms with Gasteiger partial charge in [0.05, 0.1) is 5.71 Å². The van der Waals surface area contributed by atoms with E-state index >= 15 is 0 Å². The predicted molar refractivity (Wildman–Crippen MR) is 87.6 cm³/mol. The van der Waals surface area contributed by atoms with Crippen molar-refractivity contribution in [3.8, 4) is 0 Å². The normalized spacial score (nSPS) is 19.6. The van der Waals surface area contributed by atoms with Gasteiger partial charge in [0.1, 0.15) is 0 Å². The monoisotopic (exact) mass is 281 g/mol. The van der Waals surface area contributed by atoms with Crippen LogP contribution in [-0.4, -0.2) is 66.5 Å². The van der Waals surface area contributed by atoms with Crippen LogP contribution in [0.5, 0.6) is 0 Å². The van der Waals surface area contributed by atoms with E-state index in [1.807, 2.05) is 6.21 Å². The molecule has 1 fully saturated rings. The van der Waals surface area contributed by atoms with Crippen molar-refractivity contribution in [3.63, 3.8) is 0 Å². The van der Waals surface area contributed by atoms with E-state index in [-0.39, 0.29) is 0 Å². The summed E-state index contributed by atoms with van der Waals surface area (Å²) in [6, 6.07) is 0.969. The zero-order chi connectivity index (χ0) is 15.0. The van der Waals surface area contributed by atoms with E-state index in [2.05, 4.69) is 47.6 Å². The summed E-state index contributed by atoms with van der Waals surface area (Å²) >= 11 is 0. The Morgan fingerprint density at radius 1 is 1.15 bits per heavy atom. The summed E-state index contributed by atoms with van der Waals surface area (Å²) in [6.07, 6.45) is 3.83. The van der Waals surface area contributed by atoms with Crippen molar-refractivity contribution in [3.05, 3.63) is 0 Å². The lowest BCUT2D eigenvalue weighted by Gasteiger charge is -2.36. The largest absolute Gasteiger partial charge is 0.323 e. The Labute approximate surface area is 123 Å². The fraction of sp³-hybridized carbons (Fsp3) is 0.867. The van der Waals surface area contributed by atoms with Gasteiger partial charge >= 0.3 is 0 Å². The number of piperazine rings is 1. The van der Waals surface area contributed by atoms with Crippen LogP contribution in [0, 0.1) is 0 Å². The van der Waals surface area contributed by atoms with Crippen molar-refractivity contribution in [1.29, 1.82) is 0 Å². The van der Waals surface area contributed by atoms with Crippen molar-refractivity contribution >= 4 is 11.9 Å². The van der Waals surface area contributed by atoms with Crippen molar-refractivity contribution in [2.24, 2.45) is 15.9 Å². The van der Waals surface area contributed by atoms with E-state index in [0.29, 0.717) is 12.1 Å². The number of nitrogens with zero attached hydrogens (tertiary/aromatic N) is 4. The summed E-state index contributed by atoms with van der Waals surface area (Å²) in [4.78, 5) is 9.41. The Morgan fingerprint density at radius 2 is 1.80 bits per heavy atom. The van der Waals surface area contributed by atoms with E-state index in [1.54, 1.807) is 0 Å². The maximum Gasteiger partial charge on any atom is 0.0778 e. The van der Waals surface area contributed by atoms with Crippen LogP contribution in [0.25, 0.3) is 0 Å². The molecule has 0 bridgehead atoms. The molecule has 0 amide bonds. The number of hydrogen-bond acceptors (Lipinski definition) is 5. The summed E-state index contributed by atoms with van der Waals surface area (Å²) in [7, 11) is 0. The Kier molecular flexibility index (Phi) is 7.77. The molecule has 5 heteroatoms. The Morgan fingerprint density at radius 3 is 2.30 bits per heavy atom. The van der Waals surface area contributed by atoms with E-state index in [4.69, 9.17) is 5.84 Å². The van der Waals surface area contributed by atoms with Gasteiger partial charge in [-0.15, -0.1) is 0 Å². The molecule has 1 saturated heterocycles. The Bertz CT molecular complexity index is 314. The average Bonchev–Trinajstić information content (AvgIpc) is 2.42. The van der Waals surface area contributed by atoms with Gasteiger partial charge in [0.25, 0.3) is 0 Å². The first-order valence-corrected chi connectivity index (χ1v) is 7.79. The molecule has 1 heterocycles. The molecule has 0 radical (unpaired) electrons. The van der Waals surface area contributed by atoms with Gasteiger partial charge < -0.3 is 10.7 Å². The van der Waals surface area contributed by atoms with Gasteiger partial charge in [-0.25, -0.2) is 0 Å². The second-order valence-corrected chi connectivity index (χ2v) is 6.07. The first-order valence-electron chi connectivity index (χ1n) is 7.79. The maximum atomic E-state index is 5.41. The van der Waals surface area contributed by atoms with Crippen LogP contribution in [0.15, 0.2) is 10.1 Å². The van der Waals surface area contributed by atoms with Crippen LogP contribution >= 0.6 is 0 Å². The first kappa shape index (κ1) is 17.1. The SMILES string of the molecule is CC(C)N=CC(CCCN1CCN(C(C)C)CC1)=NN. The molecule has 0 aromatic heterocycles. The van der Waals surface area contributed by atoms with Gasteiger partial charge in [-0.05, 0) is 47.1 Å². The van der Waals surface area contributed by atoms with Crippen molar-refractivity contribution in [2.75, 3.05) is 32.7 Å². The van der Waals surface area contributed by atoms with E-state index < -0.39 is 0 Å². The van der Waals surface area contributed by atoms with Gasteiger partial charge in [-0.1, -0.05) is 0 Å². The fourth-order valence-electron chi connectivity index (χ4n) is 2.38. The summed E-state index contributed by atoms with van der Waals surface area (Å²) < 4.78 is 0. The van der Waals surface area contributed by atoms with Crippen LogP contribution in [0.2, 0.25) is 0 Å². The Hall–Kier alpha value is -0.940. The highest BCUT2D eigenvalue weighted by molar-refractivity contribution is 6.30. The third kappa shape index (κ3) is 6.48. The summed E-state index contributed by atoms with van der Waals surface area (Å²) in [5.74, 6) is 5.41. The van der Waals surface area contributed by atoms with Crippen LogP contribution in [0.4, 0.5) is 0 Å². The summed E-state index contributed by atoms with van der Waals surface area (Å²) in [5, 5.41) is 3.82. The number of rotatable bonds is 7. The highest BCUT2D eigenvalue weighted by Gasteiger charge is 2.18. The second kappa shape index (κ2) is 9.08. The summed E-state index contributed by atoms with van der Waals surface area (Å²) in [6.45, 7) is 14.5. The molecule has 1 aliphatic heterocycles. The lowest BCUT2D eigenvalue weighted by atomic mass is 10.2. The molecule has 1 rings (SSSR count). The number of nitrogens with two attached hydrogens (primary N) is 1. The lowest BCUT2D eigenvalue weighted by Crippen LogP contribution is -2.48. The van der Waals surface area contributed by atoms with Crippen LogP contribution < -0.4 is 5.84 Å². The minimum atomic E-state index is 0.302. The van der Waals surface area contributed by atoms with Gasteiger partial charge in [0, 0.05) is 44.5 Å². The third-order valence-corrected chi connectivity index (χ3v) is 3.73. The smallest absolute Gasteiger partial charge is 0.0778 e. The zero-order valence-electron chi connectivity index (χ0n) is 13.5. The molecule has 2 N–H and O–H groups in total. The van der Waals surface area contributed by atoms with Crippen molar-refractivity contribution < 1.29 is 0 Å². The highest BCUT2D eigenvalue weighted by atomic mass is 15.3. The average molecular weight is 281 g/mol. The van der Waals surface area contributed by atoms with Crippen LogP contribution in [0.3, 0.4) is 0 Å². The van der Waals surface area contributed by atoms with Gasteiger partial charge in [0.15, 0.2) is 0 Å². The number of hydrogen-bond donors (Lipinski definition) is 1. The fourth-order valence-corrected chi connectivity index (χ4v) is 2.38. The van der Waals surface area contributed by atoms with Gasteiger partial charge in [-0.3, -0.25) is 9.89 Å². The minimum absolute atomic E-state index is 0.302. The van der Waals surface area contributed by atoms with Gasteiger partial charge in [0.2, 0.25) is 0 Å². The number of hydrazone groups is 1. The van der Waals surface area contributed by atoms with Crippen LogP contribution in [0.1, 0.15) is 40.5 Å². The van der Waals surface area contributed by atoms with E-state index in [9.17, 15) is 0 Å². The lowest BCUT2D eigenvalue weighted by molar-refractivity contribution is 0.108. The molecule has 0 saturated carbocycles. The quantitative estimate of drug-likeness (QED) is 0.438. The molecule has 116 valence electrons. The zero-order valence-corrected chi connectivity index (χ0v) is 13.5.